The molecule has 156 valence electrons. The Hall–Kier alpha value is -2.55. The molecular weight excluding hydrogens is 416 g/mol. The van der Waals surface area contributed by atoms with Gasteiger partial charge in [0, 0.05) is 18.5 Å². The first-order valence-corrected chi connectivity index (χ1v) is 11.8. The molecule has 0 bridgehead atoms. The van der Waals surface area contributed by atoms with Crippen molar-refractivity contribution in [1.82, 2.24) is 15.2 Å². The number of nitrogens with zero attached hydrogens (tertiary/aromatic N) is 2. The fraction of sp³-hybridized carbons (Fsp3) is 0.318. The van der Waals surface area contributed by atoms with E-state index in [4.69, 9.17) is 0 Å². The van der Waals surface area contributed by atoms with E-state index in [0.29, 0.717) is 22.2 Å². The molecule has 3 aromatic rings. The Balaban J connectivity index is 1.22. The van der Waals surface area contributed by atoms with Crippen LogP contribution in [0.15, 0.2) is 47.2 Å². The van der Waals surface area contributed by atoms with Crippen LogP contribution < -0.4 is 10.6 Å². The second-order valence-electron chi connectivity index (χ2n) is 7.33. The van der Waals surface area contributed by atoms with Crippen LogP contribution in [0.1, 0.15) is 39.3 Å². The number of benzene rings is 1. The number of nitrogens with one attached hydrogen (secondary N) is 2. The second kappa shape index (κ2) is 9.97. The van der Waals surface area contributed by atoms with Crippen molar-refractivity contribution in [3.63, 3.8) is 0 Å². The van der Waals surface area contributed by atoms with Gasteiger partial charge in [-0.2, -0.15) is 0 Å². The van der Waals surface area contributed by atoms with Gasteiger partial charge in [0.05, 0.1) is 17.0 Å². The molecule has 8 heteroatoms. The molecule has 0 saturated carbocycles. The minimum absolute atomic E-state index is 0.0856. The van der Waals surface area contributed by atoms with Crippen molar-refractivity contribution in [1.29, 1.82) is 0 Å². The Kier molecular flexibility index (Phi) is 6.88. The molecule has 0 radical (unpaired) electrons. The van der Waals surface area contributed by atoms with Crippen molar-refractivity contribution in [2.24, 2.45) is 0 Å². The van der Waals surface area contributed by atoms with Gasteiger partial charge in [-0.1, -0.05) is 30.3 Å². The number of hydrogen-bond acceptors (Lipinski definition) is 6. The molecule has 2 aromatic heterocycles. The molecule has 0 unspecified atom stereocenters. The van der Waals surface area contributed by atoms with Gasteiger partial charge in [-0.25, -0.2) is 4.98 Å². The largest absolute Gasteiger partial charge is 0.352 e. The smallest absolute Gasteiger partial charge is 0.267 e. The van der Waals surface area contributed by atoms with E-state index >= 15 is 0 Å². The summed E-state index contributed by atoms with van der Waals surface area (Å²) < 4.78 is 0. The normalized spacial score (nSPS) is 14.0. The zero-order chi connectivity index (χ0) is 20.8. The summed E-state index contributed by atoms with van der Waals surface area (Å²) in [6.07, 6.45) is 2.79. The third kappa shape index (κ3) is 5.75. The Morgan fingerprint density at radius 1 is 1.03 bits per heavy atom. The summed E-state index contributed by atoms with van der Waals surface area (Å²) in [5, 5.41) is 9.87. The predicted molar refractivity (Wildman–Crippen MR) is 121 cm³/mol. The molecule has 1 fully saturated rings. The summed E-state index contributed by atoms with van der Waals surface area (Å²) >= 11 is 2.70. The number of carbonyl (C=O) groups excluding carboxylic acids is 2. The van der Waals surface area contributed by atoms with Crippen molar-refractivity contribution in [3.05, 3.63) is 68.9 Å². The van der Waals surface area contributed by atoms with Gasteiger partial charge < -0.3 is 5.32 Å². The summed E-state index contributed by atoms with van der Waals surface area (Å²) in [6, 6.07) is 12.0. The maximum atomic E-state index is 12.3. The van der Waals surface area contributed by atoms with Gasteiger partial charge in [0.1, 0.15) is 0 Å². The molecule has 1 aliphatic rings. The maximum Gasteiger partial charge on any atom is 0.267 e. The number of anilines is 1. The molecule has 30 heavy (non-hydrogen) atoms. The average Bonchev–Trinajstić information content (AvgIpc) is 3.51. The van der Waals surface area contributed by atoms with E-state index in [-0.39, 0.29) is 18.2 Å². The summed E-state index contributed by atoms with van der Waals surface area (Å²) in [5.41, 5.74) is 3.04. The van der Waals surface area contributed by atoms with Crippen molar-refractivity contribution >= 4 is 39.6 Å². The Labute approximate surface area is 184 Å². The third-order valence-electron chi connectivity index (χ3n) is 4.98. The fourth-order valence-corrected chi connectivity index (χ4v) is 4.73. The lowest BCUT2D eigenvalue weighted by molar-refractivity contribution is -0.120. The highest BCUT2D eigenvalue weighted by molar-refractivity contribution is 7.14. The highest BCUT2D eigenvalue weighted by atomic mass is 32.1. The number of likely N-dealkylation sites (tertiary alicyclic amines) is 1. The second-order valence-corrected chi connectivity index (χ2v) is 9.13. The topological polar surface area (TPSA) is 74.3 Å². The number of rotatable bonds is 8. The first-order valence-electron chi connectivity index (χ1n) is 10.0. The lowest BCUT2D eigenvalue weighted by Crippen LogP contribution is -2.24. The highest BCUT2D eigenvalue weighted by Crippen LogP contribution is 2.18. The van der Waals surface area contributed by atoms with E-state index in [1.165, 1.54) is 54.2 Å². The first-order chi connectivity index (χ1) is 14.7. The molecule has 2 N–H and O–H groups in total. The van der Waals surface area contributed by atoms with Crippen LogP contribution in [0.25, 0.3) is 0 Å². The summed E-state index contributed by atoms with van der Waals surface area (Å²) in [6.45, 7) is 3.87. The summed E-state index contributed by atoms with van der Waals surface area (Å²) in [5.74, 6) is -0.263. The summed E-state index contributed by atoms with van der Waals surface area (Å²) in [7, 11) is 0. The molecule has 3 heterocycles. The van der Waals surface area contributed by atoms with Gasteiger partial charge in [-0.15, -0.1) is 22.7 Å². The van der Waals surface area contributed by atoms with Crippen LogP contribution in [0, 0.1) is 0 Å². The van der Waals surface area contributed by atoms with Gasteiger partial charge in [0.25, 0.3) is 5.91 Å². The van der Waals surface area contributed by atoms with Crippen molar-refractivity contribution in [2.75, 3.05) is 18.4 Å². The van der Waals surface area contributed by atoms with Gasteiger partial charge in [-0.3, -0.25) is 19.8 Å². The number of thiazole rings is 1. The van der Waals surface area contributed by atoms with Crippen molar-refractivity contribution in [3.8, 4) is 0 Å². The molecule has 1 aromatic carbocycles. The lowest BCUT2D eigenvalue weighted by atomic mass is 10.1. The van der Waals surface area contributed by atoms with Crippen LogP contribution in [0.3, 0.4) is 0 Å². The van der Waals surface area contributed by atoms with E-state index < -0.39 is 0 Å². The maximum absolute atomic E-state index is 12.3. The number of carbonyl (C=O) groups is 2. The molecule has 1 aliphatic heterocycles. The molecule has 4 rings (SSSR count). The molecule has 6 nitrogen and oxygen atoms in total. The number of hydrogen-bond donors (Lipinski definition) is 2. The van der Waals surface area contributed by atoms with E-state index in [2.05, 4.69) is 44.8 Å². The standard InChI is InChI=1S/C22H24N4O2S2/c27-20(12-18-15-30-22(24-18)25-21(28)19-4-3-11-29-19)23-13-16-5-7-17(8-6-16)14-26-9-1-2-10-26/h3-8,11,15H,1-2,9-10,12-14H2,(H,23,27)(H,24,25,28). The quantitative estimate of drug-likeness (QED) is 0.557. The Morgan fingerprint density at radius 3 is 2.53 bits per heavy atom. The molecule has 0 aliphatic carbocycles. The van der Waals surface area contributed by atoms with E-state index in [9.17, 15) is 9.59 Å². The molecular formula is C22H24N4O2S2. The van der Waals surface area contributed by atoms with Crippen LogP contribution in [0.4, 0.5) is 5.13 Å². The number of thiophene rings is 1. The van der Waals surface area contributed by atoms with Gasteiger partial charge >= 0.3 is 0 Å². The van der Waals surface area contributed by atoms with Crippen LogP contribution in [0.5, 0.6) is 0 Å². The van der Waals surface area contributed by atoms with Crippen LogP contribution in [-0.2, 0) is 24.3 Å². The van der Waals surface area contributed by atoms with Gasteiger partial charge in [0.15, 0.2) is 5.13 Å². The average molecular weight is 441 g/mol. The Morgan fingerprint density at radius 2 is 1.80 bits per heavy atom. The zero-order valence-electron chi connectivity index (χ0n) is 16.6. The first kappa shape index (κ1) is 20.7. The third-order valence-corrected chi connectivity index (χ3v) is 6.65. The van der Waals surface area contributed by atoms with E-state index in [0.717, 1.165) is 12.1 Å². The zero-order valence-corrected chi connectivity index (χ0v) is 18.2. The monoisotopic (exact) mass is 440 g/mol. The SMILES string of the molecule is O=C(Cc1csc(NC(=O)c2cccs2)n1)NCc1ccc(CN2CCCC2)cc1. The summed E-state index contributed by atoms with van der Waals surface area (Å²) in [4.78, 5) is 31.8. The van der Waals surface area contributed by atoms with Crippen molar-refractivity contribution < 1.29 is 9.59 Å². The van der Waals surface area contributed by atoms with Crippen LogP contribution in [-0.4, -0.2) is 34.8 Å². The molecule has 0 atom stereocenters. The van der Waals surface area contributed by atoms with Crippen molar-refractivity contribution in [2.45, 2.75) is 32.4 Å². The van der Waals surface area contributed by atoms with Crippen LogP contribution in [0.2, 0.25) is 0 Å². The lowest BCUT2D eigenvalue weighted by Gasteiger charge is -2.14. The van der Waals surface area contributed by atoms with E-state index in [1.54, 1.807) is 11.4 Å². The fourth-order valence-electron chi connectivity index (χ4n) is 3.40. The minimum atomic E-state index is -0.177. The van der Waals surface area contributed by atoms with Gasteiger partial charge in [0.2, 0.25) is 5.91 Å². The predicted octanol–water partition coefficient (Wildman–Crippen LogP) is 3.91. The highest BCUT2D eigenvalue weighted by Gasteiger charge is 2.13. The van der Waals surface area contributed by atoms with Gasteiger partial charge in [-0.05, 0) is 48.5 Å². The minimum Gasteiger partial charge on any atom is -0.352 e. The van der Waals surface area contributed by atoms with E-state index in [1.807, 2.05) is 11.4 Å². The number of amides is 2. The Bertz CT molecular complexity index is 977. The molecule has 1 saturated heterocycles. The molecule has 2 amide bonds. The van der Waals surface area contributed by atoms with Crippen LogP contribution >= 0.6 is 22.7 Å². The number of aromatic nitrogens is 1. The molecule has 0 spiro atoms.